The first kappa shape index (κ1) is 17.2. The Morgan fingerprint density at radius 3 is 2.35 bits per heavy atom. The van der Waals surface area contributed by atoms with Crippen molar-refractivity contribution >= 4 is 11.6 Å². The van der Waals surface area contributed by atoms with Crippen LogP contribution in [0.15, 0.2) is 48.5 Å². The number of amides is 1. The van der Waals surface area contributed by atoms with Crippen molar-refractivity contribution in [3.8, 4) is 11.1 Å². The van der Waals surface area contributed by atoms with Crippen molar-refractivity contribution < 1.29 is 4.79 Å². The molecule has 2 rings (SSSR count). The monoisotopic (exact) mass is 310 g/mol. The van der Waals surface area contributed by atoms with Crippen molar-refractivity contribution in [2.75, 3.05) is 19.4 Å². The van der Waals surface area contributed by atoms with Crippen LogP contribution < -0.4 is 5.32 Å². The predicted octanol–water partition coefficient (Wildman–Crippen LogP) is 4.40. The van der Waals surface area contributed by atoms with Crippen molar-refractivity contribution in [1.82, 2.24) is 4.90 Å². The van der Waals surface area contributed by atoms with E-state index in [1.54, 1.807) is 0 Å². The van der Waals surface area contributed by atoms with E-state index >= 15 is 0 Å². The van der Waals surface area contributed by atoms with Crippen LogP contribution in [0.3, 0.4) is 0 Å². The average Bonchev–Trinajstić information content (AvgIpc) is 2.46. The van der Waals surface area contributed by atoms with Gasteiger partial charge in [-0.3, -0.25) is 4.79 Å². The molecule has 2 aromatic rings. The topological polar surface area (TPSA) is 32.3 Å². The van der Waals surface area contributed by atoms with E-state index in [4.69, 9.17) is 0 Å². The minimum atomic E-state index is 0.0701. The Labute approximate surface area is 139 Å². The molecule has 0 fully saturated rings. The third-order valence-electron chi connectivity index (χ3n) is 3.52. The van der Waals surface area contributed by atoms with E-state index in [1.807, 2.05) is 26.0 Å². The second-order valence-corrected chi connectivity index (χ2v) is 6.66. The third kappa shape index (κ3) is 5.53. The van der Waals surface area contributed by atoms with E-state index in [2.05, 4.69) is 60.7 Å². The van der Waals surface area contributed by atoms with E-state index in [1.165, 1.54) is 11.1 Å². The SMILES string of the molecule is CC(C)CC(=O)Nc1ccc(-c2cccc(CN(C)C)c2)cc1. The summed E-state index contributed by atoms with van der Waals surface area (Å²) in [6.45, 7) is 5.02. The van der Waals surface area contributed by atoms with Crippen molar-refractivity contribution in [3.05, 3.63) is 54.1 Å². The lowest BCUT2D eigenvalue weighted by atomic mass is 10.0. The maximum Gasteiger partial charge on any atom is 0.224 e. The molecule has 0 spiro atoms. The first-order valence-corrected chi connectivity index (χ1v) is 8.08. The minimum Gasteiger partial charge on any atom is -0.326 e. The van der Waals surface area contributed by atoms with Crippen LogP contribution in [0.25, 0.3) is 11.1 Å². The summed E-state index contributed by atoms with van der Waals surface area (Å²) in [6.07, 6.45) is 0.550. The van der Waals surface area contributed by atoms with Gasteiger partial charge >= 0.3 is 0 Å². The number of benzene rings is 2. The molecule has 23 heavy (non-hydrogen) atoms. The summed E-state index contributed by atoms with van der Waals surface area (Å²) in [5.41, 5.74) is 4.50. The molecule has 0 bridgehead atoms. The molecule has 3 heteroatoms. The predicted molar refractivity (Wildman–Crippen MR) is 97.4 cm³/mol. The Morgan fingerprint density at radius 2 is 1.74 bits per heavy atom. The van der Waals surface area contributed by atoms with Crippen molar-refractivity contribution in [3.63, 3.8) is 0 Å². The Morgan fingerprint density at radius 1 is 1.04 bits per heavy atom. The minimum absolute atomic E-state index is 0.0701. The van der Waals surface area contributed by atoms with E-state index in [0.717, 1.165) is 17.8 Å². The molecule has 0 aliphatic rings. The highest BCUT2D eigenvalue weighted by molar-refractivity contribution is 5.91. The van der Waals surface area contributed by atoms with Gasteiger partial charge in [0.05, 0.1) is 0 Å². The molecule has 0 heterocycles. The van der Waals surface area contributed by atoms with Gasteiger partial charge in [-0.1, -0.05) is 44.2 Å². The molecule has 0 aromatic heterocycles. The maximum absolute atomic E-state index is 11.8. The third-order valence-corrected chi connectivity index (χ3v) is 3.52. The van der Waals surface area contributed by atoms with Crippen LogP contribution in [0, 0.1) is 5.92 Å². The maximum atomic E-state index is 11.8. The van der Waals surface area contributed by atoms with Gasteiger partial charge in [-0.2, -0.15) is 0 Å². The standard InChI is InChI=1S/C20H26N2O/c1-15(2)12-20(23)21-19-10-8-17(9-11-19)18-7-5-6-16(13-18)14-22(3)4/h5-11,13,15H,12,14H2,1-4H3,(H,21,23). The molecule has 0 saturated carbocycles. The van der Waals surface area contributed by atoms with Gasteiger partial charge in [0.1, 0.15) is 0 Å². The molecule has 0 aliphatic heterocycles. The summed E-state index contributed by atoms with van der Waals surface area (Å²) in [7, 11) is 4.14. The molecule has 122 valence electrons. The van der Waals surface area contributed by atoms with Crippen LogP contribution in [-0.2, 0) is 11.3 Å². The van der Waals surface area contributed by atoms with Gasteiger partial charge in [0, 0.05) is 18.7 Å². The number of nitrogens with one attached hydrogen (secondary N) is 1. The molecule has 2 aromatic carbocycles. The fourth-order valence-electron chi connectivity index (χ4n) is 2.54. The van der Waals surface area contributed by atoms with Crippen molar-refractivity contribution in [1.29, 1.82) is 0 Å². The van der Waals surface area contributed by atoms with E-state index in [-0.39, 0.29) is 5.91 Å². The zero-order chi connectivity index (χ0) is 16.8. The Balaban J connectivity index is 2.09. The molecule has 1 amide bonds. The number of nitrogens with zero attached hydrogens (tertiary/aromatic N) is 1. The first-order valence-electron chi connectivity index (χ1n) is 8.08. The average molecular weight is 310 g/mol. The molecule has 0 unspecified atom stereocenters. The lowest BCUT2D eigenvalue weighted by Crippen LogP contribution is -2.13. The largest absolute Gasteiger partial charge is 0.326 e. The zero-order valence-corrected chi connectivity index (χ0v) is 14.5. The second kappa shape index (κ2) is 7.93. The van der Waals surface area contributed by atoms with Gasteiger partial charge in [-0.25, -0.2) is 0 Å². The summed E-state index contributed by atoms with van der Waals surface area (Å²) in [5, 5.41) is 2.94. The summed E-state index contributed by atoms with van der Waals surface area (Å²) in [4.78, 5) is 14.0. The highest BCUT2D eigenvalue weighted by Crippen LogP contribution is 2.23. The van der Waals surface area contributed by atoms with Gasteiger partial charge < -0.3 is 10.2 Å². The summed E-state index contributed by atoms with van der Waals surface area (Å²) >= 11 is 0. The highest BCUT2D eigenvalue weighted by atomic mass is 16.1. The zero-order valence-electron chi connectivity index (χ0n) is 14.5. The Hall–Kier alpha value is -2.13. The van der Waals surface area contributed by atoms with E-state index in [9.17, 15) is 4.79 Å². The van der Waals surface area contributed by atoms with E-state index in [0.29, 0.717) is 12.3 Å². The quantitative estimate of drug-likeness (QED) is 0.857. The molecule has 1 N–H and O–H groups in total. The number of rotatable bonds is 6. The molecule has 0 atom stereocenters. The molecular formula is C20H26N2O. The first-order chi connectivity index (χ1) is 10.9. The number of carbonyl (C=O) groups excluding carboxylic acids is 1. The van der Waals surface area contributed by atoms with Crippen LogP contribution in [0.1, 0.15) is 25.8 Å². The smallest absolute Gasteiger partial charge is 0.224 e. The molecule has 0 aliphatic carbocycles. The van der Waals surface area contributed by atoms with E-state index < -0.39 is 0 Å². The lowest BCUT2D eigenvalue weighted by Gasteiger charge is -2.11. The summed E-state index contributed by atoms with van der Waals surface area (Å²) < 4.78 is 0. The summed E-state index contributed by atoms with van der Waals surface area (Å²) in [5.74, 6) is 0.439. The second-order valence-electron chi connectivity index (χ2n) is 6.66. The van der Waals surface area contributed by atoms with Gasteiger partial charge in [0.15, 0.2) is 0 Å². The van der Waals surface area contributed by atoms with Crippen molar-refractivity contribution in [2.45, 2.75) is 26.8 Å². The number of anilines is 1. The van der Waals surface area contributed by atoms with Gasteiger partial charge in [-0.05, 0) is 54.9 Å². The molecule has 0 radical (unpaired) electrons. The molecule has 3 nitrogen and oxygen atoms in total. The molecule has 0 saturated heterocycles. The normalized spacial score (nSPS) is 11.0. The Kier molecular flexibility index (Phi) is 5.94. The van der Waals surface area contributed by atoms with Crippen LogP contribution in [0.2, 0.25) is 0 Å². The van der Waals surface area contributed by atoms with Gasteiger partial charge in [0.2, 0.25) is 5.91 Å². The molecular weight excluding hydrogens is 284 g/mol. The highest BCUT2D eigenvalue weighted by Gasteiger charge is 2.06. The van der Waals surface area contributed by atoms with Crippen LogP contribution in [0.5, 0.6) is 0 Å². The van der Waals surface area contributed by atoms with Crippen LogP contribution >= 0.6 is 0 Å². The summed E-state index contributed by atoms with van der Waals surface area (Å²) in [6, 6.07) is 16.6. The fraction of sp³-hybridized carbons (Fsp3) is 0.350. The Bertz CT molecular complexity index is 645. The van der Waals surface area contributed by atoms with Crippen LogP contribution in [0.4, 0.5) is 5.69 Å². The lowest BCUT2D eigenvalue weighted by molar-refractivity contribution is -0.116. The number of carbonyl (C=O) groups is 1. The van der Waals surface area contributed by atoms with Gasteiger partial charge in [0.25, 0.3) is 0 Å². The van der Waals surface area contributed by atoms with Crippen molar-refractivity contribution in [2.24, 2.45) is 5.92 Å². The number of hydrogen-bond acceptors (Lipinski definition) is 2. The van der Waals surface area contributed by atoms with Crippen LogP contribution in [-0.4, -0.2) is 24.9 Å². The van der Waals surface area contributed by atoms with Gasteiger partial charge in [-0.15, -0.1) is 0 Å². The number of hydrogen-bond donors (Lipinski definition) is 1. The fourth-order valence-corrected chi connectivity index (χ4v) is 2.54.